The van der Waals surface area contributed by atoms with Gasteiger partial charge in [0.05, 0.1) is 12.8 Å². The molecule has 6 nitrogen and oxygen atoms in total. The molecule has 0 aliphatic rings. The van der Waals surface area contributed by atoms with Crippen LogP contribution in [-0.4, -0.2) is 41.5 Å². The van der Waals surface area contributed by atoms with E-state index in [0.717, 1.165) is 29.1 Å². The lowest BCUT2D eigenvalue weighted by Crippen LogP contribution is -2.29. The molecule has 0 saturated carbocycles. The number of para-hydroxylation sites is 2. The standard InChI is InChI=1S/C21H22N4O2/c1-25(14-10-16-7-11-22-12-8-16)21(26)19-15-17(9-13-23-19)24-18-5-3-4-6-20(18)27-2/h3-9,11-13,15H,10,14H2,1-2H3,(H,23,24). The number of carbonyl (C=O) groups is 1. The number of anilines is 2. The number of hydrogen-bond acceptors (Lipinski definition) is 5. The Morgan fingerprint density at radius 3 is 2.67 bits per heavy atom. The minimum Gasteiger partial charge on any atom is -0.495 e. The zero-order chi connectivity index (χ0) is 19.1. The highest BCUT2D eigenvalue weighted by Gasteiger charge is 2.14. The summed E-state index contributed by atoms with van der Waals surface area (Å²) in [6, 6.07) is 15.1. The van der Waals surface area contributed by atoms with Crippen molar-refractivity contribution in [2.45, 2.75) is 6.42 Å². The predicted molar refractivity (Wildman–Crippen MR) is 105 cm³/mol. The molecule has 1 amide bonds. The number of ether oxygens (including phenoxy) is 1. The number of methoxy groups -OCH3 is 1. The topological polar surface area (TPSA) is 67.3 Å². The molecule has 0 spiro atoms. The number of pyridine rings is 2. The first kappa shape index (κ1) is 18.4. The maximum absolute atomic E-state index is 12.7. The molecule has 0 fully saturated rings. The molecule has 3 rings (SSSR count). The maximum Gasteiger partial charge on any atom is 0.272 e. The number of rotatable bonds is 7. The third-order valence-corrected chi connectivity index (χ3v) is 4.20. The minimum absolute atomic E-state index is 0.118. The number of likely N-dealkylation sites (N-methyl/N-ethyl adjacent to an activating group) is 1. The van der Waals surface area contributed by atoms with Crippen LogP contribution in [0.15, 0.2) is 67.1 Å². The molecule has 0 aliphatic heterocycles. The molecule has 1 N–H and O–H groups in total. The summed E-state index contributed by atoms with van der Waals surface area (Å²) in [5.41, 5.74) is 3.15. The third kappa shape index (κ3) is 4.82. The quantitative estimate of drug-likeness (QED) is 0.696. The summed E-state index contributed by atoms with van der Waals surface area (Å²) in [5, 5.41) is 3.27. The van der Waals surface area contributed by atoms with Crippen LogP contribution in [0, 0.1) is 0 Å². The lowest BCUT2D eigenvalue weighted by atomic mass is 10.2. The van der Waals surface area contributed by atoms with Gasteiger partial charge in [0, 0.05) is 37.9 Å². The first-order chi connectivity index (χ1) is 13.2. The molecule has 2 aromatic heterocycles. The highest BCUT2D eigenvalue weighted by atomic mass is 16.5. The van der Waals surface area contributed by atoms with Crippen LogP contribution in [0.4, 0.5) is 11.4 Å². The van der Waals surface area contributed by atoms with E-state index < -0.39 is 0 Å². The summed E-state index contributed by atoms with van der Waals surface area (Å²) in [6.45, 7) is 0.606. The largest absolute Gasteiger partial charge is 0.495 e. The fourth-order valence-corrected chi connectivity index (χ4v) is 2.67. The van der Waals surface area contributed by atoms with Gasteiger partial charge < -0.3 is 15.0 Å². The Labute approximate surface area is 158 Å². The minimum atomic E-state index is -0.118. The Bertz CT molecular complexity index is 899. The summed E-state index contributed by atoms with van der Waals surface area (Å²) in [5.74, 6) is 0.615. The molecule has 0 radical (unpaired) electrons. The van der Waals surface area contributed by atoms with Gasteiger partial charge in [-0.15, -0.1) is 0 Å². The van der Waals surface area contributed by atoms with Crippen molar-refractivity contribution in [2.24, 2.45) is 0 Å². The normalized spacial score (nSPS) is 10.3. The average Bonchev–Trinajstić information content (AvgIpc) is 2.73. The van der Waals surface area contributed by atoms with E-state index in [1.807, 2.05) is 42.5 Å². The summed E-state index contributed by atoms with van der Waals surface area (Å²) in [4.78, 5) is 22.6. The van der Waals surface area contributed by atoms with Gasteiger partial charge in [0.25, 0.3) is 5.91 Å². The SMILES string of the molecule is COc1ccccc1Nc1ccnc(C(=O)N(C)CCc2ccncc2)c1. The van der Waals surface area contributed by atoms with Gasteiger partial charge in [0.15, 0.2) is 0 Å². The second-order valence-electron chi connectivity index (χ2n) is 6.09. The average molecular weight is 362 g/mol. The van der Waals surface area contributed by atoms with Crippen LogP contribution < -0.4 is 10.1 Å². The van der Waals surface area contributed by atoms with Crippen LogP contribution in [-0.2, 0) is 6.42 Å². The highest BCUT2D eigenvalue weighted by Crippen LogP contribution is 2.27. The van der Waals surface area contributed by atoms with Gasteiger partial charge in [0.2, 0.25) is 0 Å². The predicted octanol–water partition coefficient (Wildman–Crippen LogP) is 3.54. The molecule has 2 heterocycles. The summed E-state index contributed by atoms with van der Waals surface area (Å²) >= 11 is 0. The molecular weight excluding hydrogens is 340 g/mol. The second-order valence-corrected chi connectivity index (χ2v) is 6.09. The molecule has 0 saturated heterocycles. The van der Waals surface area contributed by atoms with Crippen molar-refractivity contribution in [2.75, 3.05) is 26.0 Å². The van der Waals surface area contributed by atoms with Gasteiger partial charge in [0.1, 0.15) is 11.4 Å². The Kier molecular flexibility index (Phi) is 5.99. The van der Waals surface area contributed by atoms with Gasteiger partial charge >= 0.3 is 0 Å². The number of carbonyl (C=O) groups excluding carboxylic acids is 1. The molecule has 6 heteroatoms. The lowest BCUT2D eigenvalue weighted by Gasteiger charge is -2.17. The maximum atomic E-state index is 12.7. The van der Waals surface area contributed by atoms with E-state index in [-0.39, 0.29) is 5.91 Å². The number of benzene rings is 1. The van der Waals surface area contributed by atoms with Crippen LogP contribution in [0.25, 0.3) is 0 Å². The van der Waals surface area contributed by atoms with E-state index in [0.29, 0.717) is 12.2 Å². The monoisotopic (exact) mass is 362 g/mol. The first-order valence-electron chi connectivity index (χ1n) is 8.68. The third-order valence-electron chi connectivity index (χ3n) is 4.20. The molecular formula is C21H22N4O2. The molecule has 27 heavy (non-hydrogen) atoms. The van der Waals surface area contributed by atoms with Crippen molar-refractivity contribution < 1.29 is 9.53 Å². The fraction of sp³-hybridized carbons (Fsp3) is 0.190. The van der Waals surface area contributed by atoms with E-state index in [4.69, 9.17) is 4.74 Å². The van der Waals surface area contributed by atoms with E-state index in [1.54, 1.807) is 43.7 Å². The Hall–Kier alpha value is -3.41. The Morgan fingerprint density at radius 2 is 1.89 bits per heavy atom. The van der Waals surface area contributed by atoms with Gasteiger partial charge in [-0.05, 0) is 48.4 Å². The lowest BCUT2D eigenvalue weighted by molar-refractivity contribution is 0.0791. The molecule has 0 unspecified atom stereocenters. The Morgan fingerprint density at radius 1 is 1.11 bits per heavy atom. The summed E-state index contributed by atoms with van der Waals surface area (Å²) in [7, 11) is 3.41. The number of nitrogens with zero attached hydrogens (tertiary/aromatic N) is 3. The van der Waals surface area contributed by atoms with E-state index in [2.05, 4.69) is 15.3 Å². The van der Waals surface area contributed by atoms with Crippen molar-refractivity contribution in [3.63, 3.8) is 0 Å². The van der Waals surface area contributed by atoms with E-state index >= 15 is 0 Å². The molecule has 3 aromatic rings. The van der Waals surface area contributed by atoms with Crippen LogP contribution in [0.2, 0.25) is 0 Å². The van der Waals surface area contributed by atoms with Crippen LogP contribution in [0.1, 0.15) is 16.1 Å². The van der Waals surface area contributed by atoms with Crippen molar-refractivity contribution in [3.8, 4) is 5.75 Å². The van der Waals surface area contributed by atoms with Gasteiger partial charge in [-0.2, -0.15) is 0 Å². The molecule has 138 valence electrons. The molecule has 0 bridgehead atoms. The Balaban J connectivity index is 1.68. The fourth-order valence-electron chi connectivity index (χ4n) is 2.67. The molecule has 0 atom stereocenters. The van der Waals surface area contributed by atoms with Crippen LogP contribution >= 0.6 is 0 Å². The highest BCUT2D eigenvalue weighted by molar-refractivity contribution is 5.93. The van der Waals surface area contributed by atoms with Crippen molar-refractivity contribution in [1.29, 1.82) is 0 Å². The van der Waals surface area contributed by atoms with E-state index in [1.165, 1.54) is 0 Å². The number of hydrogen-bond donors (Lipinski definition) is 1. The van der Waals surface area contributed by atoms with Crippen molar-refractivity contribution in [3.05, 3.63) is 78.4 Å². The van der Waals surface area contributed by atoms with Crippen LogP contribution in [0.3, 0.4) is 0 Å². The zero-order valence-electron chi connectivity index (χ0n) is 15.4. The smallest absolute Gasteiger partial charge is 0.272 e. The van der Waals surface area contributed by atoms with Crippen molar-refractivity contribution in [1.82, 2.24) is 14.9 Å². The number of nitrogens with one attached hydrogen (secondary N) is 1. The van der Waals surface area contributed by atoms with E-state index in [9.17, 15) is 4.79 Å². The number of aromatic nitrogens is 2. The zero-order valence-corrected chi connectivity index (χ0v) is 15.4. The second kappa shape index (κ2) is 8.80. The van der Waals surface area contributed by atoms with Crippen LogP contribution in [0.5, 0.6) is 5.75 Å². The molecule has 0 aliphatic carbocycles. The summed E-state index contributed by atoms with van der Waals surface area (Å²) < 4.78 is 5.35. The number of amides is 1. The summed E-state index contributed by atoms with van der Waals surface area (Å²) in [6.07, 6.45) is 5.91. The van der Waals surface area contributed by atoms with Gasteiger partial charge in [-0.1, -0.05) is 12.1 Å². The van der Waals surface area contributed by atoms with Gasteiger partial charge in [-0.25, -0.2) is 0 Å². The van der Waals surface area contributed by atoms with Gasteiger partial charge in [-0.3, -0.25) is 14.8 Å². The molecule has 1 aromatic carbocycles. The van der Waals surface area contributed by atoms with Crippen molar-refractivity contribution >= 4 is 17.3 Å². The first-order valence-corrected chi connectivity index (χ1v) is 8.68.